The predicted molar refractivity (Wildman–Crippen MR) is 55.5 cm³/mol. The molecule has 68 valence electrons. The SMILES string of the molecule is Nc1nc2c(Cl)c(Cl)c(Cl)cc2[nH]1. The number of H-pyrrole nitrogens is 1. The van der Waals surface area contributed by atoms with Crippen molar-refractivity contribution in [2.75, 3.05) is 5.73 Å². The van der Waals surface area contributed by atoms with Gasteiger partial charge in [-0.1, -0.05) is 34.8 Å². The lowest BCUT2D eigenvalue weighted by atomic mass is 10.3. The second-order valence-electron chi connectivity index (χ2n) is 2.50. The Balaban J connectivity index is 2.92. The van der Waals surface area contributed by atoms with Gasteiger partial charge in [0.15, 0.2) is 5.95 Å². The molecule has 0 fully saturated rings. The molecule has 0 aliphatic carbocycles. The molecule has 0 amide bonds. The molecule has 3 nitrogen and oxygen atoms in total. The molecule has 0 aliphatic rings. The van der Waals surface area contributed by atoms with Gasteiger partial charge in [0.2, 0.25) is 0 Å². The van der Waals surface area contributed by atoms with E-state index in [1.807, 2.05) is 0 Å². The maximum Gasteiger partial charge on any atom is 0.198 e. The number of imidazole rings is 1. The third kappa shape index (κ3) is 1.33. The highest BCUT2D eigenvalue weighted by Gasteiger charge is 2.11. The van der Waals surface area contributed by atoms with Crippen LogP contribution in [0.2, 0.25) is 15.1 Å². The molecule has 0 spiro atoms. The quantitative estimate of drug-likeness (QED) is 0.691. The number of nitrogen functional groups attached to an aromatic ring is 1. The van der Waals surface area contributed by atoms with Crippen LogP contribution in [0.5, 0.6) is 0 Å². The van der Waals surface area contributed by atoms with Crippen LogP contribution in [0.1, 0.15) is 0 Å². The first-order chi connectivity index (χ1) is 6.09. The van der Waals surface area contributed by atoms with Crippen molar-refractivity contribution in [3.05, 3.63) is 21.1 Å². The van der Waals surface area contributed by atoms with E-state index in [-0.39, 0.29) is 5.95 Å². The van der Waals surface area contributed by atoms with Gasteiger partial charge in [-0.25, -0.2) is 4.98 Å². The lowest BCUT2D eigenvalue weighted by molar-refractivity contribution is 1.35. The van der Waals surface area contributed by atoms with Crippen LogP contribution in [-0.4, -0.2) is 9.97 Å². The average molecular weight is 236 g/mol. The van der Waals surface area contributed by atoms with Gasteiger partial charge in [0, 0.05) is 0 Å². The van der Waals surface area contributed by atoms with E-state index in [9.17, 15) is 0 Å². The molecule has 0 saturated heterocycles. The summed E-state index contributed by atoms with van der Waals surface area (Å²) < 4.78 is 0. The Hall–Kier alpha value is -0.640. The number of hydrogen-bond acceptors (Lipinski definition) is 2. The number of aromatic amines is 1. The molecule has 1 aromatic carbocycles. The standard InChI is InChI=1S/C7H4Cl3N3/c8-2-1-3-6(5(10)4(2)9)13-7(11)12-3/h1H,(H3,11,12,13). The van der Waals surface area contributed by atoms with Crippen molar-refractivity contribution in [1.82, 2.24) is 9.97 Å². The summed E-state index contributed by atoms with van der Waals surface area (Å²) in [6, 6.07) is 1.63. The third-order valence-electron chi connectivity index (χ3n) is 1.63. The fourth-order valence-electron chi connectivity index (χ4n) is 1.08. The maximum atomic E-state index is 5.89. The van der Waals surface area contributed by atoms with Gasteiger partial charge in [-0.15, -0.1) is 0 Å². The van der Waals surface area contributed by atoms with E-state index in [1.54, 1.807) is 6.07 Å². The van der Waals surface area contributed by atoms with Crippen molar-refractivity contribution in [2.24, 2.45) is 0 Å². The Labute approximate surface area is 88.8 Å². The van der Waals surface area contributed by atoms with Crippen molar-refractivity contribution in [2.45, 2.75) is 0 Å². The summed E-state index contributed by atoms with van der Waals surface area (Å²) in [6.07, 6.45) is 0. The summed E-state index contributed by atoms with van der Waals surface area (Å²) in [4.78, 5) is 6.77. The van der Waals surface area contributed by atoms with Crippen molar-refractivity contribution in [3.8, 4) is 0 Å². The van der Waals surface area contributed by atoms with E-state index in [1.165, 1.54) is 0 Å². The van der Waals surface area contributed by atoms with E-state index < -0.39 is 0 Å². The Morgan fingerprint density at radius 3 is 2.62 bits per heavy atom. The van der Waals surface area contributed by atoms with Gasteiger partial charge in [-0.05, 0) is 6.07 Å². The van der Waals surface area contributed by atoms with Gasteiger partial charge >= 0.3 is 0 Å². The van der Waals surface area contributed by atoms with Crippen LogP contribution in [0.15, 0.2) is 6.07 Å². The van der Waals surface area contributed by atoms with Gasteiger partial charge in [-0.3, -0.25) is 0 Å². The maximum absolute atomic E-state index is 5.89. The molecule has 0 aliphatic heterocycles. The number of nitrogens with zero attached hydrogens (tertiary/aromatic N) is 1. The molecule has 13 heavy (non-hydrogen) atoms. The third-order valence-corrected chi connectivity index (χ3v) is 2.88. The molecule has 6 heteroatoms. The lowest BCUT2D eigenvalue weighted by Crippen LogP contribution is -1.84. The monoisotopic (exact) mass is 235 g/mol. The number of benzene rings is 1. The highest BCUT2D eigenvalue weighted by Crippen LogP contribution is 2.35. The molecule has 0 unspecified atom stereocenters. The van der Waals surface area contributed by atoms with E-state index in [4.69, 9.17) is 40.5 Å². The van der Waals surface area contributed by atoms with Gasteiger partial charge < -0.3 is 10.7 Å². The number of nitrogens with one attached hydrogen (secondary N) is 1. The van der Waals surface area contributed by atoms with Gasteiger partial charge in [-0.2, -0.15) is 0 Å². The van der Waals surface area contributed by atoms with E-state index in [0.29, 0.717) is 26.1 Å². The predicted octanol–water partition coefficient (Wildman–Crippen LogP) is 3.11. The number of rotatable bonds is 0. The Morgan fingerprint density at radius 2 is 1.92 bits per heavy atom. The minimum Gasteiger partial charge on any atom is -0.369 e. The van der Waals surface area contributed by atoms with Crippen LogP contribution in [0.25, 0.3) is 11.0 Å². The highest BCUT2D eigenvalue weighted by atomic mass is 35.5. The van der Waals surface area contributed by atoms with Crippen molar-refractivity contribution < 1.29 is 0 Å². The lowest BCUT2D eigenvalue weighted by Gasteiger charge is -1.98. The number of anilines is 1. The first-order valence-electron chi connectivity index (χ1n) is 3.38. The molecule has 1 aromatic heterocycles. The average Bonchev–Trinajstić information content (AvgIpc) is 2.42. The van der Waals surface area contributed by atoms with Crippen LogP contribution < -0.4 is 5.73 Å². The van der Waals surface area contributed by atoms with Crippen LogP contribution in [0, 0.1) is 0 Å². The molecule has 2 aromatic rings. The summed E-state index contributed by atoms with van der Waals surface area (Å²) in [5, 5.41) is 0.988. The number of aromatic nitrogens is 2. The van der Waals surface area contributed by atoms with Crippen LogP contribution in [0.4, 0.5) is 5.95 Å². The Bertz CT molecular complexity index is 477. The Morgan fingerprint density at radius 1 is 1.23 bits per heavy atom. The highest BCUT2D eigenvalue weighted by molar-refractivity contribution is 6.50. The molecule has 1 heterocycles. The molecular weight excluding hydrogens is 232 g/mol. The van der Waals surface area contributed by atoms with Crippen molar-refractivity contribution >= 4 is 51.8 Å². The van der Waals surface area contributed by atoms with E-state index >= 15 is 0 Å². The summed E-state index contributed by atoms with van der Waals surface area (Å²) in [5.41, 5.74) is 6.66. The molecule has 0 saturated carbocycles. The largest absolute Gasteiger partial charge is 0.369 e. The second-order valence-corrected chi connectivity index (χ2v) is 3.67. The zero-order chi connectivity index (χ0) is 9.59. The first kappa shape index (κ1) is 8.94. The summed E-state index contributed by atoms with van der Waals surface area (Å²) in [6.45, 7) is 0. The topological polar surface area (TPSA) is 54.7 Å². The molecule has 0 atom stereocenters. The zero-order valence-electron chi connectivity index (χ0n) is 6.24. The van der Waals surface area contributed by atoms with Crippen LogP contribution in [-0.2, 0) is 0 Å². The van der Waals surface area contributed by atoms with Crippen molar-refractivity contribution in [3.63, 3.8) is 0 Å². The number of halogens is 3. The zero-order valence-corrected chi connectivity index (χ0v) is 8.50. The van der Waals surface area contributed by atoms with Crippen LogP contribution in [0.3, 0.4) is 0 Å². The van der Waals surface area contributed by atoms with Crippen LogP contribution >= 0.6 is 34.8 Å². The fourth-order valence-corrected chi connectivity index (χ4v) is 1.72. The first-order valence-corrected chi connectivity index (χ1v) is 4.51. The normalized spacial score (nSPS) is 11.0. The summed E-state index contributed by atoms with van der Waals surface area (Å²) in [7, 11) is 0. The molecule has 0 radical (unpaired) electrons. The fraction of sp³-hybridized carbons (Fsp3) is 0. The van der Waals surface area contributed by atoms with Gasteiger partial charge in [0.05, 0.1) is 20.6 Å². The molecule has 3 N–H and O–H groups in total. The summed E-state index contributed by atoms with van der Waals surface area (Å²) >= 11 is 17.5. The number of hydrogen-bond donors (Lipinski definition) is 2. The minimum absolute atomic E-state index is 0.287. The van der Waals surface area contributed by atoms with Gasteiger partial charge in [0.25, 0.3) is 0 Å². The molecular formula is C7H4Cl3N3. The molecule has 0 bridgehead atoms. The minimum atomic E-state index is 0.287. The van der Waals surface area contributed by atoms with Crippen molar-refractivity contribution in [1.29, 1.82) is 0 Å². The second kappa shape index (κ2) is 2.94. The smallest absolute Gasteiger partial charge is 0.198 e. The molecule has 2 rings (SSSR count). The number of fused-ring (bicyclic) bond motifs is 1. The number of nitrogens with two attached hydrogens (primary N) is 1. The van der Waals surface area contributed by atoms with Gasteiger partial charge in [0.1, 0.15) is 5.52 Å². The Kier molecular flexibility index (Phi) is 2.02. The van der Waals surface area contributed by atoms with E-state index in [2.05, 4.69) is 9.97 Å². The summed E-state index contributed by atoms with van der Waals surface area (Å²) in [5.74, 6) is 0.287. The van der Waals surface area contributed by atoms with E-state index in [0.717, 1.165) is 0 Å².